The molecule has 0 radical (unpaired) electrons. The summed E-state index contributed by atoms with van der Waals surface area (Å²) in [7, 11) is 0. The van der Waals surface area contributed by atoms with Gasteiger partial charge in [-0.05, 0) is 104 Å². The topological polar surface area (TPSA) is 60.7 Å². The molecule has 7 atom stereocenters. The Balaban J connectivity index is 1.44. The van der Waals surface area contributed by atoms with E-state index in [1.54, 1.807) is 5.57 Å². The van der Waals surface area contributed by atoms with E-state index in [0.29, 0.717) is 36.0 Å². The molecule has 4 fully saturated rings. The molecule has 0 heterocycles. The minimum Gasteiger partial charge on any atom is -0.393 e. The molecule has 0 bridgehead atoms. The van der Waals surface area contributed by atoms with Gasteiger partial charge in [0, 0.05) is 6.42 Å². The fourth-order valence-electron chi connectivity index (χ4n) is 7.03. The largest absolute Gasteiger partial charge is 0.393 e. The first-order chi connectivity index (χ1) is 14.3. The molecule has 0 spiro atoms. The van der Waals surface area contributed by atoms with Gasteiger partial charge in [-0.1, -0.05) is 38.2 Å². The Labute approximate surface area is 183 Å². The standard InChI is InChI=1S/C27H42O3/c1-17(6-13-25(29)20-8-9-20)23-11-12-24-19(5-4-14-27(23,24)3)7-10-21-15-22(28)16-26(30)18(21)2/h7,10,17,20,22-26,28-30H,2,4-6,8-9,11-16H2,1,3H3/b19-7?,21-10-/t17-,22?,23-,24+,25?,26+,27-/m1/s1. The predicted octanol–water partition coefficient (Wildman–Crippen LogP) is 5.31. The van der Waals surface area contributed by atoms with Gasteiger partial charge in [-0.2, -0.15) is 0 Å². The molecule has 0 aromatic heterocycles. The predicted molar refractivity (Wildman–Crippen MR) is 122 cm³/mol. The zero-order valence-corrected chi connectivity index (χ0v) is 19.0. The molecule has 4 saturated carbocycles. The van der Waals surface area contributed by atoms with Gasteiger partial charge >= 0.3 is 0 Å². The van der Waals surface area contributed by atoms with Crippen molar-refractivity contribution in [2.24, 2.45) is 29.1 Å². The van der Waals surface area contributed by atoms with Crippen LogP contribution >= 0.6 is 0 Å². The SMILES string of the molecule is C=C1/C(=C\C=C2CCC[C@]3(C)[C@@H]([C@H](C)CCC(O)C4CC4)CC[C@@H]23)CC(O)C[C@@H]1O. The fraction of sp³-hybridized carbons (Fsp3) is 0.778. The summed E-state index contributed by atoms with van der Waals surface area (Å²) >= 11 is 0. The highest BCUT2D eigenvalue weighted by molar-refractivity contribution is 5.38. The molecule has 0 saturated heterocycles. The summed E-state index contributed by atoms with van der Waals surface area (Å²) in [5, 5.41) is 30.5. The van der Waals surface area contributed by atoms with Crippen LogP contribution in [0.5, 0.6) is 0 Å². The smallest absolute Gasteiger partial charge is 0.0811 e. The Bertz CT molecular complexity index is 703. The van der Waals surface area contributed by atoms with Crippen molar-refractivity contribution in [1.29, 1.82) is 0 Å². The highest BCUT2D eigenvalue weighted by Gasteiger charge is 2.50. The third-order valence-electron chi connectivity index (χ3n) is 9.07. The molecule has 4 rings (SSSR count). The van der Waals surface area contributed by atoms with Crippen LogP contribution in [0.1, 0.15) is 84.5 Å². The summed E-state index contributed by atoms with van der Waals surface area (Å²) in [5.74, 6) is 2.66. The number of aliphatic hydroxyl groups is 3. The van der Waals surface area contributed by atoms with Crippen LogP contribution in [-0.2, 0) is 0 Å². The van der Waals surface area contributed by atoms with Gasteiger partial charge in [0.05, 0.1) is 18.3 Å². The lowest BCUT2D eigenvalue weighted by Crippen LogP contribution is -2.36. The molecule has 0 aromatic rings. The zero-order valence-electron chi connectivity index (χ0n) is 19.0. The van der Waals surface area contributed by atoms with E-state index in [2.05, 4.69) is 32.6 Å². The van der Waals surface area contributed by atoms with Crippen molar-refractivity contribution in [3.8, 4) is 0 Å². The third-order valence-corrected chi connectivity index (χ3v) is 9.07. The molecule has 0 amide bonds. The van der Waals surface area contributed by atoms with Crippen molar-refractivity contribution in [1.82, 2.24) is 0 Å². The molecular weight excluding hydrogens is 372 g/mol. The molecule has 2 unspecified atom stereocenters. The number of fused-ring (bicyclic) bond motifs is 1. The maximum absolute atomic E-state index is 10.3. The Kier molecular flexibility index (Phi) is 6.63. The number of aliphatic hydroxyl groups excluding tert-OH is 3. The van der Waals surface area contributed by atoms with Gasteiger partial charge < -0.3 is 15.3 Å². The molecule has 3 nitrogen and oxygen atoms in total. The highest BCUT2D eigenvalue weighted by atomic mass is 16.3. The molecule has 168 valence electrons. The van der Waals surface area contributed by atoms with Crippen LogP contribution < -0.4 is 0 Å². The lowest BCUT2D eigenvalue weighted by Gasteiger charge is -2.44. The van der Waals surface area contributed by atoms with E-state index in [4.69, 9.17) is 0 Å². The average Bonchev–Trinajstić information content (AvgIpc) is 3.49. The summed E-state index contributed by atoms with van der Waals surface area (Å²) in [6, 6.07) is 0. The van der Waals surface area contributed by atoms with E-state index in [1.807, 2.05) is 0 Å². The third kappa shape index (κ3) is 4.49. The van der Waals surface area contributed by atoms with E-state index in [0.717, 1.165) is 29.9 Å². The van der Waals surface area contributed by atoms with Gasteiger partial charge in [-0.15, -0.1) is 0 Å². The summed E-state index contributed by atoms with van der Waals surface area (Å²) < 4.78 is 0. The number of hydrogen-bond acceptors (Lipinski definition) is 3. The fourth-order valence-corrected chi connectivity index (χ4v) is 7.03. The van der Waals surface area contributed by atoms with Crippen LogP contribution in [0.3, 0.4) is 0 Å². The second-order valence-electron chi connectivity index (χ2n) is 11.1. The maximum atomic E-state index is 10.3. The van der Waals surface area contributed by atoms with Gasteiger partial charge in [-0.25, -0.2) is 0 Å². The first kappa shape index (κ1) is 22.3. The molecule has 4 aliphatic rings. The van der Waals surface area contributed by atoms with Crippen molar-refractivity contribution in [2.75, 3.05) is 0 Å². The van der Waals surface area contributed by atoms with Gasteiger partial charge in [0.15, 0.2) is 0 Å². The molecule has 3 heteroatoms. The van der Waals surface area contributed by atoms with Gasteiger partial charge in [0.2, 0.25) is 0 Å². The zero-order chi connectivity index (χ0) is 21.5. The molecule has 0 aliphatic heterocycles. The minimum atomic E-state index is -0.613. The van der Waals surface area contributed by atoms with E-state index < -0.39 is 12.2 Å². The molecule has 30 heavy (non-hydrogen) atoms. The van der Waals surface area contributed by atoms with E-state index in [1.165, 1.54) is 44.9 Å². The Morgan fingerprint density at radius 2 is 1.90 bits per heavy atom. The number of rotatable bonds is 6. The average molecular weight is 415 g/mol. The van der Waals surface area contributed by atoms with Crippen LogP contribution in [0.4, 0.5) is 0 Å². The second-order valence-corrected chi connectivity index (χ2v) is 11.1. The van der Waals surface area contributed by atoms with Crippen molar-refractivity contribution in [2.45, 2.75) is 103 Å². The lowest BCUT2D eigenvalue weighted by atomic mass is 9.60. The Morgan fingerprint density at radius 1 is 1.13 bits per heavy atom. The van der Waals surface area contributed by atoms with Gasteiger partial charge in [0.25, 0.3) is 0 Å². The Morgan fingerprint density at radius 3 is 2.63 bits per heavy atom. The van der Waals surface area contributed by atoms with E-state index in [9.17, 15) is 15.3 Å². The van der Waals surface area contributed by atoms with Crippen LogP contribution in [0.15, 0.2) is 35.5 Å². The first-order valence-electron chi connectivity index (χ1n) is 12.4. The van der Waals surface area contributed by atoms with Crippen molar-refractivity contribution in [3.63, 3.8) is 0 Å². The van der Waals surface area contributed by atoms with E-state index >= 15 is 0 Å². The second kappa shape index (κ2) is 8.92. The van der Waals surface area contributed by atoms with Crippen LogP contribution in [0.2, 0.25) is 0 Å². The molecule has 3 N–H and O–H groups in total. The molecular formula is C27H42O3. The van der Waals surface area contributed by atoms with Crippen LogP contribution in [-0.4, -0.2) is 33.6 Å². The van der Waals surface area contributed by atoms with Crippen LogP contribution in [0, 0.1) is 29.1 Å². The summed E-state index contributed by atoms with van der Waals surface area (Å²) in [4.78, 5) is 0. The molecule has 0 aromatic carbocycles. The van der Waals surface area contributed by atoms with Crippen molar-refractivity contribution >= 4 is 0 Å². The lowest BCUT2D eigenvalue weighted by molar-refractivity contribution is 0.0784. The summed E-state index contributed by atoms with van der Waals surface area (Å²) in [6.45, 7) is 9.01. The number of allylic oxidation sites excluding steroid dienone is 3. The van der Waals surface area contributed by atoms with Gasteiger partial charge in [0.1, 0.15) is 0 Å². The minimum absolute atomic E-state index is 0.0693. The van der Waals surface area contributed by atoms with Gasteiger partial charge in [-0.3, -0.25) is 0 Å². The highest BCUT2D eigenvalue weighted by Crippen LogP contribution is 2.60. The van der Waals surface area contributed by atoms with E-state index in [-0.39, 0.29) is 6.10 Å². The first-order valence-corrected chi connectivity index (χ1v) is 12.4. The van der Waals surface area contributed by atoms with Crippen molar-refractivity contribution in [3.05, 3.63) is 35.5 Å². The number of hydrogen-bond donors (Lipinski definition) is 3. The Hall–Kier alpha value is -0.900. The van der Waals surface area contributed by atoms with Crippen LogP contribution in [0.25, 0.3) is 0 Å². The summed E-state index contributed by atoms with van der Waals surface area (Å²) in [6.07, 6.45) is 15.2. The normalized spacial score (nSPS) is 41.8. The van der Waals surface area contributed by atoms with Crippen molar-refractivity contribution < 1.29 is 15.3 Å². The monoisotopic (exact) mass is 414 g/mol. The quantitative estimate of drug-likeness (QED) is 0.552. The maximum Gasteiger partial charge on any atom is 0.0811 e. The molecule has 4 aliphatic carbocycles. The summed E-state index contributed by atoms with van der Waals surface area (Å²) in [5.41, 5.74) is 3.72.